The molecule has 2 N–H and O–H groups in total. The van der Waals surface area contributed by atoms with Crippen LogP contribution in [0, 0.1) is 43.9 Å². The van der Waals surface area contributed by atoms with E-state index in [2.05, 4.69) is 18.3 Å². The quantitative estimate of drug-likeness (QED) is 0.821. The van der Waals surface area contributed by atoms with Crippen LogP contribution in [0.3, 0.4) is 0 Å². The predicted molar refractivity (Wildman–Crippen MR) is 80.9 cm³/mol. The van der Waals surface area contributed by atoms with Gasteiger partial charge in [0.15, 0.2) is 0 Å². The molecule has 1 atom stereocenters. The number of hydrogen-bond donors (Lipinski definition) is 2. The molecular formula is C16H21N2O3. The van der Waals surface area contributed by atoms with E-state index in [1.807, 2.05) is 12.8 Å². The van der Waals surface area contributed by atoms with Crippen LogP contribution in [0.1, 0.15) is 25.3 Å². The molecule has 1 heterocycles. The van der Waals surface area contributed by atoms with Gasteiger partial charge in [-0.05, 0) is 56.8 Å². The van der Waals surface area contributed by atoms with Gasteiger partial charge in [-0.25, -0.2) is 4.79 Å². The minimum atomic E-state index is -0.373. The van der Waals surface area contributed by atoms with Crippen LogP contribution in [-0.4, -0.2) is 21.3 Å². The summed E-state index contributed by atoms with van der Waals surface area (Å²) in [6.07, 6.45) is 9.17. The van der Waals surface area contributed by atoms with Crippen molar-refractivity contribution in [3.05, 3.63) is 63.7 Å². The molecule has 1 aliphatic carbocycles. The number of aliphatic hydroxyl groups is 1. The van der Waals surface area contributed by atoms with Gasteiger partial charge < -0.3 is 9.67 Å². The van der Waals surface area contributed by atoms with Crippen molar-refractivity contribution in [2.75, 3.05) is 6.61 Å². The van der Waals surface area contributed by atoms with Crippen LogP contribution in [0.2, 0.25) is 0 Å². The lowest BCUT2D eigenvalue weighted by Crippen LogP contribution is -2.31. The molecule has 5 radical (unpaired) electrons. The van der Waals surface area contributed by atoms with Crippen molar-refractivity contribution in [2.24, 2.45) is 5.92 Å². The fourth-order valence-electron chi connectivity index (χ4n) is 2.55. The number of nitrogens with one attached hydrogen (secondary N) is 1. The molecule has 0 bridgehead atoms. The summed E-state index contributed by atoms with van der Waals surface area (Å²) in [5.41, 5.74) is -0.171. The maximum Gasteiger partial charge on any atom is 0.328 e. The van der Waals surface area contributed by atoms with Gasteiger partial charge in [-0.15, -0.1) is 0 Å². The number of aliphatic hydroxyl groups excluding tert-OH is 1. The number of rotatable bonds is 6. The second-order valence-corrected chi connectivity index (χ2v) is 5.43. The number of aromatic amines is 1. The Bertz CT molecular complexity index is 576. The maximum atomic E-state index is 11.7. The zero-order chi connectivity index (χ0) is 15.4. The van der Waals surface area contributed by atoms with E-state index in [-0.39, 0.29) is 17.9 Å². The fraction of sp³-hybridized carbons (Fsp3) is 0.438. The summed E-state index contributed by atoms with van der Waals surface area (Å²) in [7, 11) is 0. The summed E-state index contributed by atoms with van der Waals surface area (Å²) in [4.78, 5) is 25.4. The first-order chi connectivity index (χ1) is 10.0. The van der Waals surface area contributed by atoms with Gasteiger partial charge in [0.1, 0.15) is 0 Å². The highest BCUT2D eigenvalue weighted by atomic mass is 16.3. The number of nitrogens with zero attached hydrogens (tertiary/aromatic N) is 1. The molecule has 0 unspecified atom stereocenters. The highest BCUT2D eigenvalue weighted by Crippen LogP contribution is 2.41. The first-order valence-electron chi connectivity index (χ1n) is 7.18. The second kappa shape index (κ2) is 7.07. The second-order valence-electron chi connectivity index (χ2n) is 5.43. The van der Waals surface area contributed by atoms with Crippen molar-refractivity contribution in [2.45, 2.75) is 33.2 Å². The molecule has 1 aromatic heterocycles. The Kier molecular flexibility index (Phi) is 5.39. The van der Waals surface area contributed by atoms with Crippen LogP contribution in [0.25, 0.3) is 0 Å². The Morgan fingerprint density at radius 1 is 1.33 bits per heavy atom. The van der Waals surface area contributed by atoms with Gasteiger partial charge in [-0.1, -0.05) is 6.92 Å². The third-order valence-corrected chi connectivity index (χ3v) is 3.85. The van der Waals surface area contributed by atoms with Gasteiger partial charge >= 0.3 is 5.69 Å². The van der Waals surface area contributed by atoms with Crippen molar-refractivity contribution in [3.63, 3.8) is 0 Å². The number of aromatic nitrogens is 2. The first-order valence-corrected chi connectivity index (χ1v) is 7.18. The maximum absolute atomic E-state index is 11.7. The molecule has 5 nitrogen and oxygen atoms in total. The van der Waals surface area contributed by atoms with Gasteiger partial charge in [0.2, 0.25) is 0 Å². The number of H-pyrrole nitrogens is 1. The van der Waals surface area contributed by atoms with Gasteiger partial charge in [0, 0.05) is 24.9 Å². The van der Waals surface area contributed by atoms with Crippen molar-refractivity contribution in [1.82, 2.24) is 9.55 Å². The van der Waals surface area contributed by atoms with E-state index in [1.54, 1.807) is 13.1 Å². The Morgan fingerprint density at radius 2 is 2.10 bits per heavy atom. The van der Waals surface area contributed by atoms with Crippen LogP contribution in [0.15, 0.2) is 15.8 Å². The van der Waals surface area contributed by atoms with Crippen LogP contribution >= 0.6 is 0 Å². The van der Waals surface area contributed by atoms with Crippen LogP contribution < -0.4 is 11.2 Å². The predicted octanol–water partition coefficient (Wildman–Crippen LogP) is 1.03. The SMILES string of the molecule is Cc1cn(CC[C]2[CH][CH][CH][C]2[C@@H](C)CCO)c(=O)[nH]c1=O. The molecule has 5 heteroatoms. The van der Waals surface area contributed by atoms with Crippen molar-refractivity contribution in [3.8, 4) is 0 Å². The molecule has 113 valence electrons. The smallest absolute Gasteiger partial charge is 0.328 e. The van der Waals surface area contributed by atoms with Crippen LogP contribution in [0.4, 0.5) is 0 Å². The largest absolute Gasteiger partial charge is 0.396 e. The van der Waals surface area contributed by atoms with E-state index >= 15 is 0 Å². The van der Waals surface area contributed by atoms with Crippen molar-refractivity contribution >= 4 is 0 Å². The summed E-state index contributed by atoms with van der Waals surface area (Å²) in [5, 5.41) is 9.05. The molecule has 0 amide bonds. The lowest BCUT2D eigenvalue weighted by Gasteiger charge is -2.24. The van der Waals surface area contributed by atoms with Crippen molar-refractivity contribution in [1.29, 1.82) is 0 Å². The number of hydrogen-bond acceptors (Lipinski definition) is 3. The summed E-state index contributed by atoms with van der Waals surface area (Å²) in [6.45, 7) is 4.47. The van der Waals surface area contributed by atoms with Gasteiger partial charge in [0.25, 0.3) is 5.56 Å². The summed E-state index contributed by atoms with van der Waals surface area (Å²) < 4.78 is 1.53. The van der Waals surface area contributed by atoms with Gasteiger partial charge in [-0.2, -0.15) is 0 Å². The fourth-order valence-corrected chi connectivity index (χ4v) is 2.55. The lowest BCUT2D eigenvalue weighted by atomic mass is 9.82. The molecule has 1 saturated carbocycles. The third kappa shape index (κ3) is 3.84. The van der Waals surface area contributed by atoms with Crippen LogP contribution in [0.5, 0.6) is 0 Å². The standard InChI is InChI=1S/C16H21N2O3/c1-11(7-9-19)14-5-3-4-13(14)6-8-18-10-12(2)15(20)17-16(18)21/h3-5,10-11,19H,6-9H2,1-2H3,(H,17,20,21)/t11-/m0/s1. The van der Waals surface area contributed by atoms with E-state index in [9.17, 15) is 9.59 Å². The molecule has 2 rings (SSSR count). The molecule has 0 spiro atoms. The highest BCUT2D eigenvalue weighted by Gasteiger charge is 2.32. The Balaban J connectivity index is 2.01. The zero-order valence-corrected chi connectivity index (χ0v) is 12.4. The Hall–Kier alpha value is -1.36. The van der Waals surface area contributed by atoms with Gasteiger partial charge in [0.05, 0.1) is 0 Å². The molecule has 0 saturated heterocycles. The first kappa shape index (κ1) is 16.0. The average Bonchev–Trinajstić information content (AvgIpc) is 2.90. The molecule has 0 aromatic carbocycles. The molecular weight excluding hydrogens is 268 g/mol. The molecule has 0 aliphatic heterocycles. The Morgan fingerprint density at radius 3 is 2.81 bits per heavy atom. The van der Waals surface area contributed by atoms with E-state index in [0.717, 1.165) is 12.8 Å². The summed E-state index contributed by atoms with van der Waals surface area (Å²) >= 11 is 0. The number of aryl methyl sites for hydroxylation is 2. The van der Waals surface area contributed by atoms with E-state index < -0.39 is 0 Å². The summed E-state index contributed by atoms with van der Waals surface area (Å²) in [6, 6.07) is 0. The monoisotopic (exact) mass is 289 g/mol. The highest BCUT2D eigenvalue weighted by molar-refractivity contribution is 5.44. The normalized spacial score (nSPS) is 18.2. The molecule has 1 aliphatic rings. The average molecular weight is 289 g/mol. The summed E-state index contributed by atoms with van der Waals surface area (Å²) in [5.74, 6) is 2.71. The third-order valence-electron chi connectivity index (χ3n) is 3.85. The Labute approximate surface area is 125 Å². The molecule has 1 fully saturated rings. The van der Waals surface area contributed by atoms with E-state index in [4.69, 9.17) is 5.11 Å². The van der Waals surface area contributed by atoms with Crippen molar-refractivity contribution < 1.29 is 5.11 Å². The van der Waals surface area contributed by atoms with Crippen LogP contribution in [-0.2, 0) is 6.54 Å². The van der Waals surface area contributed by atoms with Gasteiger partial charge in [-0.3, -0.25) is 9.78 Å². The zero-order valence-electron chi connectivity index (χ0n) is 12.4. The minimum absolute atomic E-state index is 0.171. The van der Waals surface area contributed by atoms with E-state index in [1.165, 1.54) is 16.4 Å². The molecule has 1 aromatic rings. The topological polar surface area (TPSA) is 75.1 Å². The lowest BCUT2D eigenvalue weighted by molar-refractivity contribution is 0.266. The van der Waals surface area contributed by atoms with E-state index in [0.29, 0.717) is 18.0 Å². The minimum Gasteiger partial charge on any atom is -0.396 e. The molecule has 21 heavy (non-hydrogen) atoms.